The largest absolute Gasteiger partial charge is 0.356 e. The molecule has 0 aliphatic heterocycles. The van der Waals surface area contributed by atoms with Gasteiger partial charge in [-0.1, -0.05) is 6.07 Å². The third kappa shape index (κ3) is 6.41. The van der Waals surface area contributed by atoms with E-state index in [2.05, 4.69) is 36.4 Å². The molecule has 1 heterocycles. The Morgan fingerprint density at radius 3 is 2.65 bits per heavy atom. The molecule has 0 unspecified atom stereocenters. The number of hydrogen-bond donors (Lipinski definition) is 2. The lowest BCUT2D eigenvalue weighted by atomic mass is 10.1. The lowest BCUT2D eigenvalue weighted by molar-refractivity contribution is 0.499. The maximum atomic E-state index is 11.5. The maximum absolute atomic E-state index is 11.5. The second kappa shape index (κ2) is 7.72. The van der Waals surface area contributed by atoms with Gasteiger partial charge in [-0.15, -0.1) is 0 Å². The molecule has 0 fully saturated rings. The van der Waals surface area contributed by atoms with Crippen LogP contribution in [0.5, 0.6) is 0 Å². The molecule has 0 saturated carbocycles. The van der Waals surface area contributed by atoms with Crippen LogP contribution in [0.15, 0.2) is 34.2 Å². The topological polar surface area (TPSA) is 58.4 Å². The molecule has 112 valence electrons. The van der Waals surface area contributed by atoms with Crippen molar-refractivity contribution in [3.05, 3.63) is 34.7 Å². The van der Waals surface area contributed by atoms with Gasteiger partial charge in [0, 0.05) is 37.9 Å². The highest BCUT2D eigenvalue weighted by atomic mass is 16.1. The molecule has 0 aliphatic carbocycles. The summed E-state index contributed by atoms with van der Waals surface area (Å²) < 4.78 is 1.74. The van der Waals surface area contributed by atoms with Crippen LogP contribution in [0.4, 0.5) is 0 Å². The molecule has 0 aromatic carbocycles. The van der Waals surface area contributed by atoms with Crippen LogP contribution in [0, 0.1) is 0 Å². The lowest BCUT2D eigenvalue weighted by Crippen LogP contribution is -2.47. The van der Waals surface area contributed by atoms with Gasteiger partial charge in [0.25, 0.3) is 0 Å². The van der Waals surface area contributed by atoms with E-state index in [1.165, 1.54) is 0 Å². The van der Waals surface area contributed by atoms with E-state index < -0.39 is 0 Å². The van der Waals surface area contributed by atoms with Gasteiger partial charge in [0.1, 0.15) is 0 Å². The first-order chi connectivity index (χ1) is 9.42. The van der Waals surface area contributed by atoms with E-state index in [0.717, 1.165) is 31.9 Å². The highest BCUT2D eigenvalue weighted by Gasteiger charge is 2.10. The van der Waals surface area contributed by atoms with Gasteiger partial charge in [-0.05, 0) is 39.7 Å². The van der Waals surface area contributed by atoms with E-state index in [1.54, 1.807) is 23.7 Å². The van der Waals surface area contributed by atoms with E-state index in [9.17, 15) is 4.79 Å². The zero-order valence-corrected chi connectivity index (χ0v) is 12.9. The smallest absolute Gasteiger partial charge is 0.250 e. The Morgan fingerprint density at radius 2 is 2.05 bits per heavy atom. The molecular weight excluding hydrogens is 252 g/mol. The maximum Gasteiger partial charge on any atom is 0.250 e. The Hall–Kier alpha value is -1.78. The normalized spacial score (nSPS) is 12.3. The third-order valence-electron chi connectivity index (χ3n) is 2.73. The first-order valence-corrected chi connectivity index (χ1v) is 7.07. The molecule has 0 radical (unpaired) electrons. The minimum absolute atomic E-state index is 0.000801. The second-order valence-electron chi connectivity index (χ2n) is 5.81. The van der Waals surface area contributed by atoms with Crippen LogP contribution in [0.3, 0.4) is 0 Å². The number of guanidine groups is 1. The lowest BCUT2D eigenvalue weighted by Gasteiger charge is -2.23. The van der Waals surface area contributed by atoms with Crippen LogP contribution in [0.1, 0.15) is 33.6 Å². The molecule has 2 N–H and O–H groups in total. The van der Waals surface area contributed by atoms with Crippen LogP contribution in [-0.4, -0.2) is 29.7 Å². The highest BCUT2D eigenvalue weighted by Crippen LogP contribution is 1.98. The predicted octanol–water partition coefficient (Wildman–Crippen LogP) is 1.59. The van der Waals surface area contributed by atoms with Crippen LogP contribution in [0.2, 0.25) is 0 Å². The molecular formula is C15H26N4O. The zero-order chi connectivity index (χ0) is 15.0. The number of unbranched alkanes of at least 4 members (excludes halogenated alkanes) is 1. The first-order valence-electron chi connectivity index (χ1n) is 7.07. The number of nitrogens with one attached hydrogen (secondary N) is 2. The number of aromatic nitrogens is 1. The van der Waals surface area contributed by atoms with Crippen molar-refractivity contribution < 1.29 is 0 Å². The summed E-state index contributed by atoms with van der Waals surface area (Å²) >= 11 is 0. The quantitative estimate of drug-likeness (QED) is 0.488. The van der Waals surface area contributed by atoms with Crippen LogP contribution in [0.25, 0.3) is 0 Å². The molecule has 20 heavy (non-hydrogen) atoms. The second-order valence-corrected chi connectivity index (χ2v) is 5.81. The zero-order valence-electron chi connectivity index (χ0n) is 12.9. The number of rotatable bonds is 5. The fourth-order valence-corrected chi connectivity index (χ4v) is 1.79. The minimum Gasteiger partial charge on any atom is -0.356 e. The summed E-state index contributed by atoms with van der Waals surface area (Å²) in [4.78, 5) is 15.7. The van der Waals surface area contributed by atoms with Crippen molar-refractivity contribution >= 4 is 5.96 Å². The van der Waals surface area contributed by atoms with Crippen molar-refractivity contribution in [1.29, 1.82) is 0 Å². The Balaban J connectivity index is 2.25. The van der Waals surface area contributed by atoms with Gasteiger partial charge in [0.15, 0.2) is 5.96 Å². The molecule has 5 nitrogen and oxygen atoms in total. The number of aryl methyl sites for hydroxylation is 1. The number of pyridine rings is 1. The third-order valence-corrected chi connectivity index (χ3v) is 2.73. The summed E-state index contributed by atoms with van der Waals surface area (Å²) in [6, 6.07) is 5.24. The summed E-state index contributed by atoms with van der Waals surface area (Å²) in [5, 5.41) is 6.59. The highest BCUT2D eigenvalue weighted by molar-refractivity contribution is 5.80. The number of aliphatic imine (C=N–C) groups is 1. The van der Waals surface area contributed by atoms with E-state index in [4.69, 9.17) is 0 Å². The molecule has 0 atom stereocenters. The molecule has 0 aliphatic rings. The Morgan fingerprint density at radius 1 is 1.30 bits per heavy atom. The van der Waals surface area contributed by atoms with Gasteiger partial charge < -0.3 is 15.2 Å². The van der Waals surface area contributed by atoms with Gasteiger partial charge in [0.2, 0.25) is 5.56 Å². The van der Waals surface area contributed by atoms with Gasteiger partial charge in [0.05, 0.1) is 0 Å². The van der Waals surface area contributed by atoms with Crippen LogP contribution >= 0.6 is 0 Å². The van der Waals surface area contributed by atoms with E-state index in [-0.39, 0.29) is 11.1 Å². The molecule has 1 rings (SSSR count). The van der Waals surface area contributed by atoms with E-state index in [0.29, 0.717) is 0 Å². The van der Waals surface area contributed by atoms with Crippen molar-refractivity contribution in [1.82, 2.24) is 15.2 Å². The molecule has 0 amide bonds. The van der Waals surface area contributed by atoms with Crippen molar-refractivity contribution in [3.8, 4) is 0 Å². The van der Waals surface area contributed by atoms with Gasteiger partial charge in [-0.2, -0.15) is 0 Å². The standard InChI is InChI=1S/C15H26N4O/c1-15(2,3)18-14(16-4)17-10-6-8-12-19-11-7-5-9-13(19)20/h5,7,9,11H,6,8,10,12H2,1-4H3,(H2,16,17,18). The van der Waals surface area contributed by atoms with Gasteiger partial charge >= 0.3 is 0 Å². The Bertz CT molecular complexity index is 485. The summed E-state index contributed by atoms with van der Waals surface area (Å²) in [6.45, 7) is 7.90. The van der Waals surface area contributed by atoms with Crippen molar-refractivity contribution in [2.75, 3.05) is 13.6 Å². The molecule has 1 aromatic heterocycles. The molecule has 0 bridgehead atoms. The summed E-state index contributed by atoms with van der Waals surface area (Å²) in [5.74, 6) is 0.814. The van der Waals surface area contributed by atoms with Crippen molar-refractivity contribution in [3.63, 3.8) is 0 Å². The van der Waals surface area contributed by atoms with Crippen molar-refractivity contribution in [2.24, 2.45) is 4.99 Å². The SMILES string of the molecule is CN=C(NCCCCn1ccccc1=O)NC(C)(C)C. The fourth-order valence-electron chi connectivity index (χ4n) is 1.79. The molecule has 0 saturated heterocycles. The van der Waals surface area contributed by atoms with Gasteiger partial charge in [-0.25, -0.2) is 0 Å². The van der Waals surface area contributed by atoms with E-state index in [1.807, 2.05) is 12.3 Å². The Labute approximate surface area is 121 Å². The minimum atomic E-state index is -0.000801. The first kappa shape index (κ1) is 16.3. The molecule has 5 heteroatoms. The van der Waals surface area contributed by atoms with Gasteiger partial charge in [-0.3, -0.25) is 9.79 Å². The predicted molar refractivity (Wildman–Crippen MR) is 84.2 cm³/mol. The van der Waals surface area contributed by atoms with Crippen LogP contribution in [-0.2, 0) is 6.54 Å². The number of nitrogens with zero attached hydrogens (tertiary/aromatic N) is 2. The summed E-state index contributed by atoms with van der Waals surface area (Å²) in [7, 11) is 1.77. The molecule has 1 aromatic rings. The molecule has 0 spiro atoms. The fraction of sp³-hybridized carbons (Fsp3) is 0.600. The number of hydrogen-bond acceptors (Lipinski definition) is 2. The average molecular weight is 278 g/mol. The summed E-state index contributed by atoms with van der Waals surface area (Å²) in [5.41, 5.74) is 0.0600. The Kier molecular flexibility index (Phi) is 6.28. The van der Waals surface area contributed by atoms with Crippen molar-refractivity contribution in [2.45, 2.75) is 45.7 Å². The monoisotopic (exact) mass is 278 g/mol. The van der Waals surface area contributed by atoms with Crippen LogP contribution < -0.4 is 16.2 Å². The summed E-state index contributed by atoms with van der Waals surface area (Å²) in [6.07, 6.45) is 3.78. The van der Waals surface area contributed by atoms with E-state index >= 15 is 0 Å². The average Bonchev–Trinajstić information content (AvgIpc) is 2.37.